The van der Waals surface area contributed by atoms with Gasteiger partial charge < -0.3 is 24.1 Å². The van der Waals surface area contributed by atoms with E-state index in [1.54, 1.807) is 0 Å². The maximum absolute atomic E-state index is 13.0. The Bertz CT molecular complexity index is 1590. The fourth-order valence-electron chi connectivity index (χ4n) is 5.64. The molecule has 0 bridgehead atoms. The number of fused-ring (bicyclic) bond motifs is 3. The lowest BCUT2D eigenvalue weighted by Crippen LogP contribution is -2.41. The Hall–Kier alpha value is -4.33. The van der Waals surface area contributed by atoms with Crippen LogP contribution in [-0.2, 0) is 20.7 Å². The molecule has 1 aliphatic heterocycles. The number of hydrogen-bond acceptors (Lipinski definition) is 5. The van der Waals surface area contributed by atoms with Gasteiger partial charge in [0.05, 0.1) is 11.2 Å². The molecule has 1 aliphatic carbocycles. The van der Waals surface area contributed by atoms with Gasteiger partial charge >= 0.3 is 13.2 Å². The maximum atomic E-state index is 13.0. The third-order valence-electron chi connectivity index (χ3n) is 8.82. The number of amides is 1. The highest BCUT2D eigenvalue weighted by molar-refractivity contribution is 6.56. The molecule has 0 radical (unpaired) electrons. The van der Waals surface area contributed by atoms with Gasteiger partial charge in [0.25, 0.3) is 0 Å². The van der Waals surface area contributed by atoms with E-state index in [1.807, 2.05) is 113 Å². The Labute approximate surface area is 260 Å². The number of alkyl carbamates (subject to hydrolysis) is 1. The first-order valence-electron chi connectivity index (χ1n) is 15.1. The molecule has 1 amide bonds. The molecule has 6 nitrogen and oxygen atoms in total. The quantitative estimate of drug-likeness (QED) is 0.202. The summed E-state index contributed by atoms with van der Waals surface area (Å²) in [6, 6.07) is 34.5. The highest BCUT2D eigenvalue weighted by Crippen LogP contribution is 2.44. The summed E-state index contributed by atoms with van der Waals surface area (Å²) in [4.78, 5) is 13.0. The predicted molar refractivity (Wildman–Crippen MR) is 174 cm³/mol. The summed E-state index contributed by atoms with van der Waals surface area (Å²) >= 11 is 0. The first-order chi connectivity index (χ1) is 21.2. The SMILES string of the molecule is CC1(C)OB(C(=Cc2ccc(OCc3ccccc3)cc2)CNC(=O)OCC2c3ccccc3-c3ccccc32)OC1(C)C. The van der Waals surface area contributed by atoms with E-state index in [4.69, 9.17) is 18.8 Å². The molecule has 0 atom stereocenters. The normalized spacial score (nSPS) is 16.7. The summed E-state index contributed by atoms with van der Waals surface area (Å²) in [5.41, 5.74) is 6.54. The fourth-order valence-corrected chi connectivity index (χ4v) is 5.64. The van der Waals surface area contributed by atoms with Gasteiger partial charge in [0.1, 0.15) is 19.0 Å². The van der Waals surface area contributed by atoms with Crippen molar-refractivity contribution in [3.8, 4) is 16.9 Å². The van der Waals surface area contributed by atoms with Gasteiger partial charge in [-0.15, -0.1) is 0 Å². The van der Waals surface area contributed by atoms with Gasteiger partial charge in [-0.3, -0.25) is 0 Å². The number of nitrogens with one attached hydrogen (secondary N) is 1. The summed E-state index contributed by atoms with van der Waals surface area (Å²) in [5.74, 6) is 0.772. The molecule has 0 spiro atoms. The third kappa shape index (κ3) is 6.30. The highest BCUT2D eigenvalue weighted by atomic mass is 16.7. The number of benzene rings is 4. The smallest absolute Gasteiger partial charge is 0.489 e. The Morgan fingerprint density at radius 3 is 1.98 bits per heavy atom. The summed E-state index contributed by atoms with van der Waals surface area (Å²) in [5, 5.41) is 2.94. The molecule has 1 saturated heterocycles. The van der Waals surface area contributed by atoms with Gasteiger partial charge in [-0.25, -0.2) is 4.79 Å². The number of ether oxygens (including phenoxy) is 2. The summed E-state index contributed by atoms with van der Waals surface area (Å²) in [6.07, 6.45) is 1.51. The second-order valence-electron chi connectivity index (χ2n) is 12.3. The lowest BCUT2D eigenvalue weighted by atomic mass is 9.77. The molecule has 0 unspecified atom stereocenters. The zero-order valence-corrected chi connectivity index (χ0v) is 25.7. The molecule has 0 aromatic heterocycles. The molecule has 2 aliphatic rings. The largest absolute Gasteiger partial charge is 0.492 e. The molecule has 44 heavy (non-hydrogen) atoms. The number of carbonyl (C=O) groups excluding carboxylic acids is 1. The Kier molecular flexibility index (Phi) is 8.34. The monoisotopic (exact) mass is 587 g/mol. The second-order valence-corrected chi connectivity index (χ2v) is 12.3. The predicted octanol–water partition coefficient (Wildman–Crippen LogP) is 7.82. The number of carbonyl (C=O) groups is 1. The van der Waals surface area contributed by atoms with Crippen molar-refractivity contribution in [2.24, 2.45) is 0 Å². The zero-order chi connectivity index (χ0) is 30.7. The molecular formula is C37H38BNO5. The lowest BCUT2D eigenvalue weighted by molar-refractivity contribution is 0.00578. The topological polar surface area (TPSA) is 66.0 Å². The van der Waals surface area contributed by atoms with Crippen molar-refractivity contribution in [1.29, 1.82) is 0 Å². The van der Waals surface area contributed by atoms with E-state index < -0.39 is 24.4 Å². The fraction of sp³-hybridized carbons (Fsp3) is 0.270. The van der Waals surface area contributed by atoms with Crippen LogP contribution >= 0.6 is 0 Å². The standard InChI is InChI=1S/C37H38BNO5/c1-36(2)37(3,4)44-38(43-36)28(22-26-18-20-29(21-19-26)41-24-27-12-6-5-7-13-27)23-39-35(40)42-25-34-32-16-10-8-14-30(32)31-15-9-11-17-33(31)34/h5-22,34H,23-25H2,1-4H3,(H,39,40). The molecular weight excluding hydrogens is 549 g/mol. The van der Waals surface area contributed by atoms with Crippen LogP contribution in [0.15, 0.2) is 109 Å². The minimum atomic E-state index is -0.622. The van der Waals surface area contributed by atoms with Gasteiger partial charge in [0, 0.05) is 12.5 Å². The lowest BCUT2D eigenvalue weighted by Gasteiger charge is -2.32. The van der Waals surface area contributed by atoms with Crippen molar-refractivity contribution in [2.75, 3.05) is 13.2 Å². The third-order valence-corrected chi connectivity index (χ3v) is 8.82. The molecule has 224 valence electrons. The molecule has 4 aromatic rings. The van der Waals surface area contributed by atoms with E-state index in [9.17, 15) is 4.79 Å². The minimum Gasteiger partial charge on any atom is -0.489 e. The first kappa shape index (κ1) is 29.7. The van der Waals surface area contributed by atoms with Crippen molar-refractivity contribution in [3.05, 3.63) is 131 Å². The zero-order valence-electron chi connectivity index (χ0n) is 25.7. The van der Waals surface area contributed by atoms with Crippen LogP contribution in [0, 0.1) is 0 Å². The molecule has 0 saturated carbocycles. The van der Waals surface area contributed by atoms with Gasteiger partial charge in [0.2, 0.25) is 0 Å². The molecule has 7 heteroatoms. The first-order valence-corrected chi connectivity index (χ1v) is 15.1. The molecule has 1 heterocycles. The van der Waals surface area contributed by atoms with Crippen LogP contribution < -0.4 is 10.1 Å². The summed E-state index contributed by atoms with van der Waals surface area (Å²) in [7, 11) is -0.622. The van der Waals surface area contributed by atoms with Crippen LogP contribution in [0.5, 0.6) is 5.75 Å². The Balaban J connectivity index is 1.13. The van der Waals surface area contributed by atoms with Crippen molar-refractivity contribution < 1.29 is 23.6 Å². The summed E-state index contributed by atoms with van der Waals surface area (Å²) in [6.45, 7) is 9.02. The van der Waals surface area contributed by atoms with Crippen molar-refractivity contribution in [2.45, 2.75) is 51.4 Å². The Morgan fingerprint density at radius 2 is 1.36 bits per heavy atom. The average Bonchev–Trinajstić information content (AvgIpc) is 3.46. The van der Waals surface area contributed by atoms with E-state index in [1.165, 1.54) is 22.3 Å². The van der Waals surface area contributed by atoms with Crippen LogP contribution in [-0.4, -0.2) is 37.6 Å². The number of rotatable bonds is 9. The molecule has 6 rings (SSSR count). The van der Waals surface area contributed by atoms with Crippen LogP contribution in [0.4, 0.5) is 4.79 Å². The average molecular weight is 588 g/mol. The molecule has 4 aromatic carbocycles. The van der Waals surface area contributed by atoms with Crippen LogP contribution in [0.25, 0.3) is 17.2 Å². The van der Waals surface area contributed by atoms with E-state index in [2.05, 4.69) is 29.6 Å². The summed E-state index contributed by atoms with van der Waals surface area (Å²) < 4.78 is 24.5. The number of hydrogen-bond donors (Lipinski definition) is 1. The van der Waals surface area contributed by atoms with Crippen molar-refractivity contribution >= 4 is 19.3 Å². The van der Waals surface area contributed by atoms with E-state index in [0.29, 0.717) is 6.61 Å². The van der Waals surface area contributed by atoms with E-state index in [-0.39, 0.29) is 19.1 Å². The van der Waals surface area contributed by atoms with Crippen LogP contribution in [0.1, 0.15) is 55.9 Å². The van der Waals surface area contributed by atoms with E-state index in [0.717, 1.165) is 22.3 Å². The van der Waals surface area contributed by atoms with Crippen molar-refractivity contribution in [1.82, 2.24) is 5.32 Å². The van der Waals surface area contributed by atoms with Crippen LogP contribution in [0.2, 0.25) is 0 Å². The highest BCUT2D eigenvalue weighted by Gasteiger charge is 2.52. The van der Waals surface area contributed by atoms with E-state index >= 15 is 0 Å². The Morgan fingerprint density at radius 1 is 0.795 bits per heavy atom. The molecule has 1 fully saturated rings. The molecule has 1 N–H and O–H groups in total. The van der Waals surface area contributed by atoms with Gasteiger partial charge in [-0.2, -0.15) is 0 Å². The minimum absolute atomic E-state index is 0.00566. The van der Waals surface area contributed by atoms with Crippen molar-refractivity contribution in [3.63, 3.8) is 0 Å². The van der Waals surface area contributed by atoms with Crippen LogP contribution in [0.3, 0.4) is 0 Å². The maximum Gasteiger partial charge on any atom is 0.492 e. The van der Waals surface area contributed by atoms with Gasteiger partial charge in [-0.05, 0) is 78.7 Å². The second kappa shape index (κ2) is 12.3. The van der Waals surface area contributed by atoms with Gasteiger partial charge in [0.15, 0.2) is 0 Å². The van der Waals surface area contributed by atoms with Gasteiger partial charge in [-0.1, -0.05) is 97.1 Å².